The van der Waals surface area contributed by atoms with Crippen molar-refractivity contribution in [1.29, 1.82) is 0 Å². The average Bonchev–Trinajstić information content (AvgIpc) is 3.76. The van der Waals surface area contributed by atoms with Crippen molar-refractivity contribution in [3.63, 3.8) is 0 Å². The van der Waals surface area contributed by atoms with E-state index in [4.69, 9.17) is 29.3 Å². The van der Waals surface area contributed by atoms with Crippen LogP contribution in [0.5, 0.6) is 0 Å². The number of nitrogens with one attached hydrogen (secondary N) is 3. The molecule has 0 radical (unpaired) electrons. The fourth-order valence-electron chi connectivity index (χ4n) is 6.39. The molecule has 2 atom stereocenters. The second kappa shape index (κ2) is 20.7. The van der Waals surface area contributed by atoms with Gasteiger partial charge in [0.15, 0.2) is 16.9 Å². The number of esters is 1. The molecule has 1 saturated heterocycles. The van der Waals surface area contributed by atoms with Crippen LogP contribution in [0, 0.1) is 0 Å². The lowest BCUT2D eigenvalue weighted by Gasteiger charge is -2.36. The Kier molecular flexibility index (Phi) is 15.3. The molecule has 3 N–H and O–H groups in total. The molecule has 3 heterocycles. The number of thiazole rings is 1. The first kappa shape index (κ1) is 50.8. The van der Waals surface area contributed by atoms with E-state index in [9.17, 15) is 28.8 Å². The molecular formula is C45H54N12O11S. The Balaban J connectivity index is 1.24. The fourth-order valence-corrected chi connectivity index (χ4v) is 7.07. The number of β-lactam (4-membered cyclic amide) rings is 1. The second-order valence-electron chi connectivity index (χ2n) is 18.9. The number of carbonyl (C=O) groups is 6. The Hall–Kier alpha value is -7.59. The number of benzene rings is 2. The zero-order chi connectivity index (χ0) is 50.3. The summed E-state index contributed by atoms with van der Waals surface area (Å²) in [5, 5.41) is 25.9. The van der Waals surface area contributed by atoms with Gasteiger partial charge in [0.2, 0.25) is 11.5 Å². The Labute approximate surface area is 400 Å². The van der Waals surface area contributed by atoms with Crippen LogP contribution < -0.4 is 16.0 Å². The number of rotatable bonds is 16. The van der Waals surface area contributed by atoms with Crippen LogP contribution in [0.25, 0.3) is 10.4 Å². The minimum Gasteiger partial charge on any atom is -0.450 e. The molecule has 4 aromatic rings. The number of ether oxygens (including phenoxy) is 4. The summed E-state index contributed by atoms with van der Waals surface area (Å²) in [5.74, 6) is -2.25. The summed E-state index contributed by atoms with van der Waals surface area (Å²) < 4.78 is 22.4. The molecule has 1 saturated carbocycles. The Morgan fingerprint density at radius 3 is 1.97 bits per heavy atom. The highest BCUT2D eigenvalue weighted by Crippen LogP contribution is 2.43. The Morgan fingerprint density at radius 2 is 1.45 bits per heavy atom. The van der Waals surface area contributed by atoms with Crippen molar-refractivity contribution in [1.82, 2.24) is 35.5 Å². The molecule has 2 aromatic heterocycles. The van der Waals surface area contributed by atoms with Crippen molar-refractivity contribution in [3.05, 3.63) is 105 Å². The Morgan fingerprint density at radius 1 is 0.884 bits per heavy atom. The molecule has 5 amide bonds. The van der Waals surface area contributed by atoms with Crippen LogP contribution in [-0.4, -0.2) is 101 Å². The minimum atomic E-state index is -1.56. The molecule has 1 aliphatic carbocycles. The lowest BCUT2D eigenvalue weighted by Crippen LogP contribution is -2.70. The number of hydrogen-bond acceptors (Lipinski definition) is 17. The number of oxime groups is 1. The first-order valence-electron chi connectivity index (χ1n) is 21.7. The summed E-state index contributed by atoms with van der Waals surface area (Å²) >= 11 is 0.950. The van der Waals surface area contributed by atoms with Crippen molar-refractivity contribution in [2.24, 2.45) is 10.3 Å². The third kappa shape index (κ3) is 14.0. The molecule has 23 nitrogen and oxygen atoms in total. The second-order valence-corrected chi connectivity index (χ2v) is 19.8. The van der Waals surface area contributed by atoms with Crippen molar-refractivity contribution >= 4 is 58.2 Å². The summed E-state index contributed by atoms with van der Waals surface area (Å²) in [6, 6.07) is 16.3. The molecule has 1 aliphatic heterocycles. The smallest absolute Gasteiger partial charge is 0.420 e. The molecule has 24 heteroatoms. The summed E-state index contributed by atoms with van der Waals surface area (Å²) in [4.78, 5) is 95.4. The first-order chi connectivity index (χ1) is 32.4. The van der Waals surface area contributed by atoms with Gasteiger partial charge in [-0.05, 0) is 79.0 Å². The molecular weight excluding hydrogens is 917 g/mol. The normalized spacial score (nSPS) is 16.4. The molecule has 0 unspecified atom stereocenters. The number of nitrogens with zero attached hydrogens (tertiary/aromatic N) is 9. The maximum Gasteiger partial charge on any atom is 0.420 e. The summed E-state index contributed by atoms with van der Waals surface area (Å²) in [5.41, 5.74) is 5.81. The molecule has 366 valence electrons. The van der Waals surface area contributed by atoms with Gasteiger partial charge >= 0.3 is 24.2 Å². The average molecular weight is 971 g/mol. The summed E-state index contributed by atoms with van der Waals surface area (Å²) in [6.45, 7) is 13.8. The van der Waals surface area contributed by atoms with Gasteiger partial charge in [-0.25, -0.2) is 29.1 Å². The molecule has 6 rings (SSSR count). The van der Waals surface area contributed by atoms with Gasteiger partial charge < -0.3 is 34.4 Å². The van der Waals surface area contributed by atoms with E-state index < -0.39 is 88.9 Å². The highest BCUT2D eigenvalue weighted by molar-refractivity contribution is 7.14. The van der Waals surface area contributed by atoms with Gasteiger partial charge in [0.1, 0.15) is 34.2 Å². The molecule has 0 bridgehead atoms. The summed E-state index contributed by atoms with van der Waals surface area (Å²) in [6.07, 6.45) is -3.22. The van der Waals surface area contributed by atoms with Crippen molar-refractivity contribution in [2.45, 2.75) is 135 Å². The highest BCUT2D eigenvalue weighted by Gasteiger charge is 2.56. The number of carbonyl (C=O) groups excluding carboxylic acids is 6. The lowest BCUT2D eigenvalue weighted by molar-refractivity contribution is -0.164. The number of anilines is 1. The van der Waals surface area contributed by atoms with E-state index >= 15 is 0 Å². The zero-order valence-electron chi connectivity index (χ0n) is 39.5. The molecule has 2 fully saturated rings. The minimum absolute atomic E-state index is 0.0436. The summed E-state index contributed by atoms with van der Waals surface area (Å²) in [7, 11) is 0. The van der Waals surface area contributed by atoms with Crippen LogP contribution in [0.1, 0.15) is 109 Å². The quantitative estimate of drug-likeness (QED) is 0.0152. The van der Waals surface area contributed by atoms with Gasteiger partial charge in [-0.1, -0.05) is 70.9 Å². The van der Waals surface area contributed by atoms with Crippen LogP contribution in [0.4, 0.5) is 19.5 Å². The van der Waals surface area contributed by atoms with Gasteiger partial charge in [-0.3, -0.25) is 14.9 Å². The monoisotopic (exact) mass is 970 g/mol. The number of amides is 5. The predicted octanol–water partition coefficient (Wildman–Crippen LogP) is 6.83. The third-order valence-corrected chi connectivity index (χ3v) is 10.4. The predicted molar refractivity (Wildman–Crippen MR) is 247 cm³/mol. The van der Waals surface area contributed by atoms with Crippen LogP contribution in [0.3, 0.4) is 0 Å². The van der Waals surface area contributed by atoms with E-state index in [1.165, 1.54) is 5.38 Å². The lowest BCUT2D eigenvalue weighted by atomic mass is 9.98. The van der Waals surface area contributed by atoms with Crippen LogP contribution in [0.2, 0.25) is 0 Å². The SMILES string of the molecule is CC(C)(C)OC(=O)Nc1nc(C(=NOC2(C(=O)OC(c3ccccc3)c3ccccc3)CC2)C(=O)N[C@@H]2C(=O)N[C@@H]2Cn2nc(CN=[N+]=[N-])c(CN(C(=O)OC(C)(C)C)C(=O)OC(C)(C)C)n2)cs1. The highest BCUT2D eigenvalue weighted by atomic mass is 32.1. The standard InChI is InChI=1S/C45H54N12O11S/c1-42(2,3)65-39(61)51-38-49-31(25-69-38)33(54-68-45(20-21-45)37(60)64-34(26-16-12-10-13-17-26)27-18-14-11-15-19-27)36(59)50-32-30(48-35(32)58)24-57-52-28(22-47-55-46)29(53-57)23-56(40(62)66-43(4,5)6)41(63)67-44(7,8)9/h10-19,25,30,32,34H,20-24H2,1-9H3,(H,48,58)(H,50,59)(H,49,51,61)/t30-,32+/m1/s1. The molecule has 69 heavy (non-hydrogen) atoms. The Bertz CT molecular complexity index is 2560. The van der Waals surface area contributed by atoms with Gasteiger partial charge in [0.05, 0.1) is 31.4 Å². The zero-order valence-corrected chi connectivity index (χ0v) is 40.4. The maximum absolute atomic E-state index is 14.2. The van der Waals surface area contributed by atoms with Crippen molar-refractivity contribution < 1.29 is 52.6 Å². The molecule has 0 spiro atoms. The van der Waals surface area contributed by atoms with Crippen molar-refractivity contribution in [3.8, 4) is 0 Å². The first-order valence-corrected chi connectivity index (χ1v) is 22.6. The van der Waals surface area contributed by atoms with Gasteiger partial charge in [0.25, 0.3) is 5.91 Å². The van der Waals surface area contributed by atoms with Crippen LogP contribution in [0.15, 0.2) is 76.3 Å². The van der Waals surface area contributed by atoms with Crippen LogP contribution >= 0.6 is 11.3 Å². The van der Waals surface area contributed by atoms with E-state index in [0.29, 0.717) is 16.0 Å². The third-order valence-electron chi connectivity index (χ3n) is 9.67. The van der Waals surface area contributed by atoms with Crippen molar-refractivity contribution in [2.75, 3.05) is 5.32 Å². The van der Waals surface area contributed by atoms with E-state index in [1.54, 1.807) is 62.3 Å². The molecule has 2 aromatic carbocycles. The number of aromatic nitrogens is 4. The van der Waals surface area contributed by atoms with E-state index in [2.05, 4.69) is 46.3 Å². The number of imide groups is 1. The largest absolute Gasteiger partial charge is 0.450 e. The number of azide groups is 1. The van der Waals surface area contributed by atoms with Gasteiger partial charge in [-0.2, -0.15) is 15.0 Å². The van der Waals surface area contributed by atoms with E-state index in [0.717, 1.165) is 16.1 Å². The maximum atomic E-state index is 14.2. The van der Waals surface area contributed by atoms with Gasteiger partial charge in [-0.15, -0.1) is 11.3 Å². The van der Waals surface area contributed by atoms with Gasteiger partial charge in [0, 0.05) is 23.1 Å². The van der Waals surface area contributed by atoms with Crippen LogP contribution in [-0.2, 0) is 57.8 Å². The topological polar surface area (TPSA) is 293 Å². The van der Waals surface area contributed by atoms with E-state index in [-0.39, 0.29) is 48.1 Å². The van der Waals surface area contributed by atoms with E-state index in [1.807, 2.05) is 60.7 Å². The fraction of sp³-hybridized carbons (Fsp3) is 0.467. The number of hydrogen-bond donors (Lipinski definition) is 3. The molecule has 2 aliphatic rings.